The molecule has 0 heterocycles. The predicted octanol–water partition coefficient (Wildman–Crippen LogP) is 1.45. The molecule has 76 valence electrons. The fourth-order valence-corrected chi connectivity index (χ4v) is 1.47. The smallest absolute Gasteiger partial charge is 0.335 e. The Balaban J connectivity index is 3.05. The van der Waals surface area contributed by atoms with Crippen LogP contribution in [0.4, 0.5) is 0 Å². The van der Waals surface area contributed by atoms with Gasteiger partial charge in [-0.1, -0.05) is 19.1 Å². The first-order chi connectivity index (χ1) is 6.69. The van der Waals surface area contributed by atoms with Crippen LogP contribution >= 0.6 is 0 Å². The second-order valence-electron chi connectivity index (χ2n) is 3.19. The number of carboxylic acid groups (broad SMARTS) is 1. The van der Waals surface area contributed by atoms with Crippen molar-refractivity contribution >= 4 is 5.97 Å². The molecular weight excluding hydrogens is 178 g/mol. The Kier molecular flexibility index (Phi) is 3.65. The number of rotatable bonds is 4. The zero-order chi connectivity index (χ0) is 10.6. The lowest BCUT2D eigenvalue weighted by atomic mass is 10.0. The quantitative estimate of drug-likeness (QED) is 0.760. The van der Waals surface area contributed by atoms with E-state index in [0.29, 0.717) is 12.1 Å². The molecule has 0 saturated carbocycles. The third-order valence-electron chi connectivity index (χ3n) is 2.21. The number of carboxylic acids is 1. The summed E-state index contributed by atoms with van der Waals surface area (Å²) < 4.78 is 0. The van der Waals surface area contributed by atoms with Gasteiger partial charge in [0, 0.05) is 0 Å². The lowest BCUT2D eigenvalue weighted by Crippen LogP contribution is -2.06. The Morgan fingerprint density at radius 2 is 2.21 bits per heavy atom. The van der Waals surface area contributed by atoms with E-state index in [4.69, 9.17) is 10.8 Å². The topological polar surface area (TPSA) is 63.3 Å². The summed E-state index contributed by atoms with van der Waals surface area (Å²) in [7, 11) is 0. The van der Waals surface area contributed by atoms with Crippen LogP contribution in [0.2, 0.25) is 0 Å². The monoisotopic (exact) mass is 193 g/mol. The molecule has 3 N–H and O–H groups in total. The summed E-state index contributed by atoms with van der Waals surface area (Å²) in [6, 6.07) is 5.41. The minimum atomic E-state index is -0.860. The van der Waals surface area contributed by atoms with Gasteiger partial charge in [-0.2, -0.15) is 0 Å². The summed E-state index contributed by atoms with van der Waals surface area (Å²) in [6.07, 6.45) is 1.53. The molecule has 0 amide bonds. The van der Waals surface area contributed by atoms with Crippen molar-refractivity contribution in [2.24, 2.45) is 5.73 Å². The molecule has 0 atom stereocenters. The Morgan fingerprint density at radius 1 is 1.50 bits per heavy atom. The van der Waals surface area contributed by atoms with Gasteiger partial charge in [-0.25, -0.2) is 4.79 Å². The molecule has 0 aliphatic carbocycles. The van der Waals surface area contributed by atoms with Gasteiger partial charge in [0.25, 0.3) is 0 Å². The number of nitrogens with two attached hydrogens (primary N) is 1. The van der Waals surface area contributed by atoms with E-state index in [9.17, 15) is 4.79 Å². The minimum absolute atomic E-state index is 0.397. The lowest BCUT2D eigenvalue weighted by molar-refractivity contribution is 0.0695. The Hall–Kier alpha value is -1.35. The number of hydrogen-bond acceptors (Lipinski definition) is 2. The summed E-state index contributed by atoms with van der Waals surface area (Å²) in [4.78, 5) is 10.8. The van der Waals surface area contributed by atoms with Crippen LogP contribution in [0.3, 0.4) is 0 Å². The standard InChI is InChI=1S/C11H15NO2/c1-2-9-7-8(5-6-12)3-4-10(9)11(13)14/h3-4,7H,2,5-6,12H2,1H3,(H,13,14). The van der Waals surface area contributed by atoms with E-state index >= 15 is 0 Å². The number of benzene rings is 1. The van der Waals surface area contributed by atoms with Gasteiger partial charge in [0.15, 0.2) is 0 Å². The third-order valence-corrected chi connectivity index (χ3v) is 2.21. The summed E-state index contributed by atoms with van der Waals surface area (Å²) >= 11 is 0. The van der Waals surface area contributed by atoms with E-state index in [1.165, 1.54) is 0 Å². The van der Waals surface area contributed by atoms with E-state index < -0.39 is 5.97 Å². The highest BCUT2D eigenvalue weighted by molar-refractivity contribution is 5.89. The minimum Gasteiger partial charge on any atom is -0.478 e. The summed E-state index contributed by atoms with van der Waals surface area (Å²) in [5.41, 5.74) is 7.81. The van der Waals surface area contributed by atoms with E-state index in [1.54, 1.807) is 6.07 Å². The Morgan fingerprint density at radius 3 is 2.71 bits per heavy atom. The van der Waals surface area contributed by atoms with Crippen molar-refractivity contribution in [2.75, 3.05) is 6.54 Å². The molecule has 0 saturated heterocycles. The molecule has 0 fully saturated rings. The van der Waals surface area contributed by atoms with E-state index in [-0.39, 0.29) is 0 Å². The van der Waals surface area contributed by atoms with E-state index in [1.807, 2.05) is 19.1 Å². The fraction of sp³-hybridized carbons (Fsp3) is 0.364. The first kappa shape index (κ1) is 10.7. The van der Waals surface area contributed by atoms with Gasteiger partial charge in [-0.3, -0.25) is 0 Å². The summed E-state index contributed by atoms with van der Waals surface area (Å²) in [5, 5.41) is 8.89. The van der Waals surface area contributed by atoms with Gasteiger partial charge >= 0.3 is 5.97 Å². The number of carbonyl (C=O) groups is 1. The molecule has 0 spiro atoms. The highest BCUT2D eigenvalue weighted by Gasteiger charge is 2.08. The van der Waals surface area contributed by atoms with Crippen LogP contribution < -0.4 is 5.73 Å². The highest BCUT2D eigenvalue weighted by Crippen LogP contribution is 2.13. The number of hydrogen-bond donors (Lipinski definition) is 2. The van der Waals surface area contributed by atoms with Crippen molar-refractivity contribution in [1.29, 1.82) is 0 Å². The molecule has 1 aromatic carbocycles. The molecule has 0 aliphatic heterocycles. The van der Waals surface area contributed by atoms with Crippen molar-refractivity contribution in [3.8, 4) is 0 Å². The average molecular weight is 193 g/mol. The predicted molar refractivity (Wildman–Crippen MR) is 55.5 cm³/mol. The van der Waals surface area contributed by atoms with Crippen LogP contribution in [0.1, 0.15) is 28.4 Å². The van der Waals surface area contributed by atoms with Gasteiger partial charge in [0.05, 0.1) is 5.56 Å². The normalized spacial score (nSPS) is 10.1. The van der Waals surface area contributed by atoms with E-state index in [2.05, 4.69) is 0 Å². The van der Waals surface area contributed by atoms with Gasteiger partial charge in [-0.15, -0.1) is 0 Å². The molecule has 3 nitrogen and oxygen atoms in total. The van der Waals surface area contributed by atoms with Crippen LogP contribution in [0.25, 0.3) is 0 Å². The molecule has 0 unspecified atom stereocenters. The van der Waals surface area contributed by atoms with Crippen LogP contribution in [-0.2, 0) is 12.8 Å². The number of aryl methyl sites for hydroxylation is 1. The molecule has 3 heteroatoms. The zero-order valence-electron chi connectivity index (χ0n) is 8.29. The largest absolute Gasteiger partial charge is 0.478 e. The molecule has 0 aromatic heterocycles. The maximum Gasteiger partial charge on any atom is 0.335 e. The van der Waals surface area contributed by atoms with Gasteiger partial charge in [0.2, 0.25) is 0 Å². The van der Waals surface area contributed by atoms with Crippen LogP contribution in [0.15, 0.2) is 18.2 Å². The third kappa shape index (κ3) is 2.33. The van der Waals surface area contributed by atoms with Gasteiger partial charge < -0.3 is 10.8 Å². The summed E-state index contributed by atoms with van der Waals surface area (Å²) in [6.45, 7) is 2.55. The maximum atomic E-state index is 10.8. The van der Waals surface area contributed by atoms with Crippen molar-refractivity contribution < 1.29 is 9.90 Å². The van der Waals surface area contributed by atoms with Gasteiger partial charge in [-0.05, 0) is 36.6 Å². The van der Waals surface area contributed by atoms with Crippen LogP contribution in [0, 0.1) is 0 Å². The van der Waals surface area contributed by atoms with Crippen LogP contribution in [0.5, 0.6) is 0 Å². The van der Waals surface area contributed by atoms with Crippen LogP contribution in [-0.4, -0.2) is 17.6 Å². The molecule has 1 aromatic rings. The Bertz CT molecular complexity index is 334. The average Bonchev–Trinajstić information content (AvgIpc) is 2.17. The van der Waals surface area contributed by atoms with Gasteiger partial charge in [0.1, 0.15) is 0 Å². The lowest BCUT2D eigenvalue weighted by Gasteiger charge is -2.06. The van der Waals surface area contributed by atoms with Crippen molar-refractivity contribution in [3.63, 3.8) is 0 Å². The molecule has 1 rings (SSSR count). The zero-order valence-corrected chi connectivity index (χ0v) is 8.29. The second-order valence-corrected chi connectivity index (χ2v) is 3.19. The SMILES string of the molecule is CCc1cc(CCN)ccc1C(=O)O. The fourth-order valence-electron chi connectivity index (χ4n) is 1.47. The molecule has 0 aliphatic rings. The first-order valence-electron chi connectivity index (χ1n) is 4.74. The first-order valence-corrected chi connectivity index (χ1v) is 4.74. The Labute approximate surface area is 83.6 Å². The highest BCUT2D eigenvalue weighted by atomic mass is 16.4. The number of aromatic carboxylic acids is 1. The van der Waals surface area contributed by atoms with Crippen molar-refractivity contribution in [1.82, 2.24) is 0 Å². The summed E-state index contributed by atoms with van der Waals surface area (Å²) in [5.74, 6) is -0.860. The molecule has 0 radical (unpaired) electrons. The van der Waals surface area contributed by atoms with Crippen molar-refractivity contribution in [2.45, 2.75) is 19.8 Å². The maximum absolute atomic E-state index is 10.8. The van der Waals surface area contributed by atoms with E-state index in [0.717, 1.165) is 24.0 Å². The molecule has 14 heavy (non-hydrogen) atoms. The molecule has 0 bridgehead atoms. The second kappa shape index (κ2) is 4.77. The molecular formula is C11H15NO2. The van der Waals surface area contributed by atoms with Crippen molar-refractivity contribution in [3.05, 3.63) is 34.9 Å².